The Balaban J connectivity index is 1.83. The van der Waals surface area contributed by atoms with Gasteiger partial charge in [-0.15, -0.1) is 0 Å². The zero-order valence-corrected chi connectivity index (χ0v) is 19.8. The Labute approximate surface area is 203 Å². The maximum absolute atomic E-state index is 12.9. The zero-order chi connectivity index (χ0) is 24.5. The number of nitrogens with one attached hydrogen (secondary N) is 1. The number of rotatable bonds is 10. The second-order valence-electron chi connectivity index (χ2n) is 7.35. The summed E-state index contributed by atoms with van der Waals surface area (Å²) < 4.78 is 21.5. The van der Waals surface area contributed by atoms with E-state index in [0.29, 0.717) is 11.3 Å². The molecule has 3 aromatic rings. The number of ether oxygens (including phenoxy) is 4. The Morgan fingerprint density at radius 2 is 1.82 bits per heavy atom. The highest BCUT2D eigenvalue weighted by Gasteiger charge is 2.28. The van der Waals surface area contributed by atoms with E-state index in [1.165, 1.54) is 20.3 Å². The summed E-state index contributed by atoms with van der Waals surface area (Å²) in [6, 6.07) is 17.9. The average Bonchev–Trinajstić information content (AvgIpc) is 2.85. The summed E-state index contributed by atoms with van der Waals surface area (Å²) in [6.07, 6.45) is -2.04. The monoisotopic (exact) mass is 485 g/mol. The second-order valence-corrected chi connectivity index (χ2v) is 7.67. The van der Waals surface area contributed by atoms with Gasteiger partial charge in [0, 0.05) is 18.9 Å². The number of benzene rings is 3. The summed E-state index contributed by atoms with van der Waals surface area (Å²) in [5, 5.41) is 14.9. The summed E-state index contributed by atoms with van der Waals surface area (Å²) in [7, 11) is 2.90. The Bertz CT molecular complexity index is 1130. The molecule has 0 radical (unpaired) electrons. The van der Waals surface area contributed by atoms with Crippen LogP contribution in [-0.2, 0) is 19.0 Å². The molecular formula is C25H27NO7S. The summed E-state index contributed by atoms with van der Waals surface area (Å²) in [4.78, 5) is 24.4. The lowest BCUT2D eigenvalue weighted by Crippen LogP contribution is -2.29. The van der Waals surface area contributed by atoms with Crippen molar-refractivity contribution in [1.29, 1.82) is 0 Å². The van der Waals surface area contributed by atoms with Gasteiger partial charge in [-0.05, 0) is 29.1 Å². The molecule has 0 bridgehead atoms. The molecular weight excluding hydrogens is 458 g/mol. The van der Waals surface area contributed by atoms with Crippen molar-refractivity contribution in [3.05, 3.63) is 66.2 Å². The molecule has 2 atom stereocenters. The van der Waals surface area contributed by atoms with Crippen LogP contribution in [0.4, 0.5) is 10.5 Å². The van der Waals surface area contributed by atoms with Crippen LogP contribution in [-0.4, -0.2) is 49.9 Å². The topological polar surface area (TPSA) is 103 Å². The average molecular weight is 486 g/mol. The first-order valence-corrected chi connectivity index (χ1v) is 11.2. The Kier molecular flexibility index (Phi) is 9.00. The molecule has 2 N–H and O–H groups in total. The van der Waals surface area contributed by atoms with Crippen LogP contribution in [0.2, 0.25) is 0 Å². The van der Waals surface area contributed by atoms with Gasteiger partial charge in [0.2, 0.25) is 0 Å². The highest BCUT2D eigenvalue weighted by atomic mass is 32.1. The summed E-state index contributed by atoms with van der Waals surface area (Å²) in [5.41, 5.74) is 1.08. The van der Waals surface area contributed by atoms with Crippen LogP contribution in [0.1, 0.15) is 18.1 Å². The van der Waals surface area contributed by atoms with Crippen LogP contribution in [0.25, 0.3) is 10.8 Å². The third-order valence-electron chi connectivity index (χ3n) is 5.23. The maximum Gasteiger partial charge on any atom is 0.412 e. The van der Waals surface area contributed by atoms with Gasteiger partial charge < -0.3 is 24.1 Å². The first-order valence-electron chi connectivity index (χ1n) is 10.6. The summed E-state index contributed by atoms with van der Waals surface area (Å²) >= 11 is 3.89. The number of phenols is 1. The van der Waals surface area contributed by atoms with E-state index in [9.17, 15) is 14.7 Å². The van der Waals surface area contributed by atoms with Crippen molar-refractivity contribution in [1.82, 2.24) is 0 Å². The van der Waals surface area contributed by atoms with Crippen molar-refractivity contribution in [2.45, 2.75) is 18.6 Å². The highest BCUT2D eigenvalue weighted by molar-refractivity contribution is 7.81. The van der Waals surface area contributed by atoms with Gasteiger partial charge in [0.15, 0.2) is 17.6 Å². The largest absolute Gasteiger partial charge is 0.504 e. The molecule has 0 aliphatic rings. The van der Waals surface area contributed by atoms with Crippen LogP contribution in [0.3, 0.4) is 0 Å². The van der Waals surface area contributed by atoms with Crippen molar-refractivity contribution >= 4 is 41.2 Å². The third kappa shape index (κ3) is 6.33. The third-order valence-corrected chi connectivity index (χ3v) is 5.48. The quantitative estimate of drug-likeness (QED) is 0.282. The minimum absolute atomic E-state index is 0.0443. The standard InChI is InChI=1S/C25H27NO7S/c1-30-21-11-10-17(14-20(21)27)24(22(31-2)12-13-32-23(28)15-34)33-25(29)26-19-9-5-7-16-6-3-4-8-18(16)19/h3-11,14,22,24,27,34H,12-13,15H2,1-2H3,(H,26,29)/t22-,24-/m0/s1. The van der Waals surface area contributed by atoms with Gasteiger partial charge in [-0.25, -0.2) is 4.79 Å². The minimum atomic E-state index is -0.911. The SMILES string of the molecule is COc1ccc([C@H](OC(=O)Nc2cccc3ccccc23)[C@H](CCOC(=O)CS)OC)cc1O. The molecule has 0 saturated carbocycles. The fourth-order valence-electron chi connectivity index (χ4n) is 3.56. The molecule has 9 heteroatoms. The Morgan fingerprint density at radius 3 is 2.53 bits per heavy atom. The Hall–Kier alpha value is -3.43. The normalized spacial score (nSPS) is 12.6. The number of anilines is 1. The maximum atomic E-state index is 12.9. The fourth-order valence-corrected chi connectivity index (χ4v) is 3.65. The van der Waals surface area contributed by atoms with Crippen molar-refractivity contribution < 1.29 is 33.6 Å². The number of thiol groups is 1. The van der Waals surface area contributed by atoms with Crippen molar-refractivity contribution in [2.75, 3.05) is 31.9 Å². The van der Waals surface area contributed by atoms with E-state index in [4.69, 9.17) is 18.9 Å². The van der Waals surface area contributed by atoms with E-state index in [0.717, 1.165) is 10.8 Å². The predicted octanol–water partition coefficient (Wildman–Crippen LogP) is 4.72. The van der Waals surface area contributed by atoms with Gasteiger partial charge in [0.05, 0.1) is 25.2 Å². The molecule has 1 amide bonds. The molecule has 0 saturated heterocycles. The van der Waals surface area contributed by atoms with Gasteiger partial charge >= 0.3 is 12.1 Å². The molecule has 0 fully saturated rings. The number of methoxy groups -OCH3 is 2. The lowest BCUT2D eigenvalue weighted by molar-refractivity contribution is -0.141. The first-order chi connectivity index (χ1) is 16.5. The molecule has 34 heavy (non-hydrogen) atoms. The smallest absolute Gasteiger partial charge is 0.412 e. The predicted molar refractivity (Wildman–Crippen MR) is 132 cm³/mol. The molecule has 0 heterocycles. The van der Waals surface area contributed by atoms with E-state index < -0.39 is 24.3 Å². The van der Waals surface area contributed by atoms with Crippen LogP contribution in [0.15, 0.2) is 60.7 Å². The lowest BCUT2D eigenvalue weighted by atomic mass is 10.0. The number of carbonyl (C=O) groups excluding carboxylic acids is 2. The van der Waals surface area contributed by atoms with E-state index >= 15 is 0 Å². The number of aromatic hydroxyl groups is 1. The number of hydrogen-bond acceptors (Lipinski definition) is 8. The van der Waals surface area contributed by atoms with Crippen molar-refractivity contribution in [3.63, 3.8) is 0 Å². The van der Waals surface area contributed by atoms with Crippen LogP contribution < -0.4 is 10.1 Å². The van der Waals surface area contributed by atoms with Gasteiger partial charge in [-0.2, -0.15) is 12.6 Å². The Morgan fingerprint density at radius 1 is 1.06 bits per heavy atom. The molecule has 0 unspecified atom stereocenters. The second kappa shape index (κ2) is 12.2. The zero-order valence-electron chi connectivity index (χ0n) is 18.9. The molecule has 3 rings (SSSR count). The van der Waals surface area contributed by atoms with Crippen LogP contribution in [0.5, 0.6) is 11.5 Å². The number of hydrogen-bond donors (Lipinski definition) is 3. The summed E-state index contributed by atoms with van der Waals surface area (Å²) in [5.74, 6) is -0.345. The molecule has 0 aliphatic carbocycles. The highest BCUT2D eigenvalue weighted by Crippen LogP contribution is 2.33. The van der Waals surface area contributed by atoms with E-state index in [-0.39, 0.29) is 30.3 Å². The molecule has 3 aromatic carbocycles. The van der Waals surface area contributed by atoms with Gasteiger partial charge in [-0.1, -0.05) is 42.5 Å². The fraction of sp³-hybridized carbons (Fsp3) is 0.280. The van der Waals surface area contributed by atoms with E-state index in [2.05, 4.69) is 17.9 Å². The lowest BCUT2D eigenvalue weighted by Gasteiger charge is -2.27. The van der Waals surface area contributed by atoms with Crippen molar-refractivity contribution in [3.8, 4) is 11.5 Å². The molecule has 0 aromatic heterocycles. The number of phenolic OH excluding ortho intramolecular Hbond substituents is 1. The summed E-state index contributed by atoms with van der Waals surface area (Å²) in [6.45, 7) is 0.0465. The minimum Gasteiger partial charge on any atom is -0.504 e. The number of fused-ring (bicyclic) bond motifs is 1. The van der Waals surface area contributed by atoms with Crippen LogP contribution >= 0.6 is 12.6 Å². The van der Waals surface area contributed by atoms with Gasteiger partial charge in [0.1, 0.15) is 6.10 Å². The number of amides is 1. The molecule has 180 valence electrons. The van der Waals surface area contributed by atoms with Gasteiger partial charge in [0.25, 0.3) is 0 Å². The number of esters is 1. The first kappa shape index (κ1) is 25.2. The molecule has 8 nitrogen and oxygen atoms in total. The molecule has 0 spiro atoms. The van der Waals surface area contributed by atoms with E-state index in [1.54, 1.807) is 18.2 Å². The van der Waals surface area contributed by atoms with E-state index in [1.807, 2.05) is 36.4 Å². The van der Waals surface area contributed by atoms with Crippen LogP contribution in [0, 0.1) is 0 Å². The number of carbonyl (C=O) groups is 2. The van der Waals surface area contributed by atoms with Crippen molar-refractivity contribution in [2.24, 2.45) is 0 Å². The van der Waals surface area contributed by atoms with Gasteiger partial charge in [-0.3, -0.25) is 10.1 Å². The molecule has 0 aliphatic heterocycles.